The molecule has 3 N–H and O–H groups in total. The molecular formula is C10H12ClNO3. The fourth-order valence-corrected chi connectivity index (χ4v) is 1.33. The number of carbonyl (C=O) groups is 1. The molecule has 1 aromatic rings. The van der Waals surface area contributed by atoms with Crippen molar-refractivity contribution in [2.75, 3.05) is 13.7 Å². The lowest BCUT2D eigenvalue weighted by atomic mass is 9.92. The summed E-state index contributed by atoms with van der Waals surface area (Å²) in [6, 6.07) is 6.35. The Labute approximate surface area is 92.6 Å². The van der Waals surface area contributed by atoms with Crippen LogP contribution in [0.5, 0.6) is 0 Å². The van der Waals surface area contributed by atoms with E-state index in [0.29, 0.717) is 10.6 Å². The molecule has 0 saturated carbocycles. The average molecular weight is 230 g/mol. The Morgan fingerprint density at radius 3 is 2.47 bits per heavy atom. The van der Waals surface area contributed by atoms with Crippen LogP contribution in [0.15, 0.2) is 24.3 Å². The topological polar surface area (TPSA) is 72.5 Å². The highest BCUT2D eigenvalue weighted by atomic mass is 35.5. The van der Waals surface area contributed by atoms with Gasteiger partial charge in [0, 0.05) is 5.02 Å². The standard InChI is InChI=1S/C10H12ClNO3/c1-15-9(14)10(12,6-13)7-2-4-8(11)5-3-7/h2-5,13H,6,12H2,1H3. The van der Waals surface area contributed by atoms with Crippen LogP contribution in [0, 0.1) is 0 Å². The SMILES string of the molecule is COC(=O)C(N)(CO)c1ccc(Cl)cc1. The first kappa shape index (κ1) is 12.0. The summed E-state index contributed by atoms with van der Waals surface area (Å²) < 4.78 is 4.53. The molecule has 0 aromatic heterocycles. The van der Waals surface area contributed by atoms with Crippen molar-refractivity contribution in [2.45, 2.75) is 5.54 Å². The molecule has 0 saturated heterocycles. The van der Waals surface area contributed by atoms with Gasteiger partial charge in [-0.25, -0.2) is 4.79 Å². The number of ether oxygens (including phenoxy) is 1. The Bertz CT molecular complexity index is 352. The number of esters is 1. The first-order valence-corrected chi connectivity index (χ1v) is 4.66. The molecule has 4 nitrogen and oxygen atoms in total. The summed E-state index contributed by atoms with van der Waals surface area (Å²) in [6.07, 6.45) is 0. The van der Waals surface area contributed by atoms with Crippen molar-refractivity contribution in [3.63, 3.8) is 0 Å². The van der Waals surface area contributed by atoms with Crippen molar-refractivity contribution in [3.8, 4) is 0 Å². The molecule has 0 aliphatic carbocycles. The predicted octanol–water partition coefficient (Wildman–Crippen LogP) is 0.659. The maximum atomic E-state index is 11.4. The molecule has 5 heteroatoms. The number of benzene rings is 1. The second-order valence-corrected chi connectivity index (χ2v) is 3.56. The van der Waals surface area contributed by atoms with Gasteiger partial charge in [-0.1, -0.05) is 23.7 Å². The van der Waals surface area contributed by atoms with E-state index < -0.39 is 18.1 Å². The van der Waals surface area contributed by atoms with Crippen LogP contribution in [0.1, 0.15) is 5.56 Å². The molecule has 0 heterocycles. The van der Waals surface area contributed by atoms with Crippen molar-refractivity contribution in [3.05, 3.63) is 34.9 Å². The van der Waals surface area contributed by atoms with Crippen LogP contribution in [0.3, 0.4) is 0 Å². The van der Waals surface area contributed by atoms with Crippen LogP contribution >= 0.6 is 11.6 Å². The number of nitrogens with two attached hydrogens (primary N) is 1. The average Bonchev–Trinajstić information content (AvgIpc) is 2.27. The molecule has 82 valence electrons. The number of hydrogen-bond donors (Lipinski definition) is 2. The van der Waals surface area contributed by atoms with Gasteiger partial charge >= 0.3 is 5.97 Å². The minimum atomic E-state index is -1.53. The summed E-state index contributed by atoms with van der Waals surface area (Å²) in [4.78, 5) is 11.4. The number of aliphatic hydroxyl groups is 1. The van der Waals surface area contributed by atoms with Crippen molar-refractivity contribution in [1.29, 1.82) is 0 Å². The van der Waals surface area contributed by atoms with Crippen molar-refractivity contribution in [2.24, 2.45) is 5.73 Å². The summed E-state index contributed by atoms with van der Waals surface area (Å²) in [5.41, 5.74) is 4.69. The summed E-state index contributed by atoms with van der Waals surface area (Å²) in [5, 5.41) is 9.68. The normalized spacial score (nSPS) is 14.4. The minimum absolute atomic E-state index is 0.459. The maximum absolute atomic E-state index is 11.4. The Morgan fingerprint density at radius 2 is 2.07 bits per heavy atom. The molecule has 1 unspecified atom stereocenters. The smallest absolute Gasteiger partial charge is 0.332 e. The van der Waals surface area contributed by atoms with Gasteiger partial charge in [0.05, 0.1) is 13.7 Å². The molecule has 1 rings (SSSR count). The highest BCUT2D eigenvalue weighted by molar-refractivity contribution is 6.30. The molecule has 0 fully saturated rings. The molecule has 1 aromatic carbocycles. The molecule has 0 amide bonds. The fraction of sp³-hybridized carbons (Fsp3) is 0.300. The molecule has 0 spiro atoms. The van der Waals surface area contributed by atoms with E-state index in [1.54, 1.807) is 24.3 Å². The number of methoxy groups -OCH3 is 1. The highest BCUT2D eigenvalue weighted by Gasteiger charge is 2.36. The molecule has 0 radical (unpaired) electrons. The van der Waals surface area contributed by atoms with E-state index in [2.05, 4.69) is 4.74 Å². The van der Waals surface area contributed by atoms with Crippen molar-refractivity contribution < 1.29 is 14.6 Å². The lowest BCUT2D eigenvalue weighted by Gasteiger charge is -2.24. The van der Waals surface area contributed by atoms with E-state index in [1.807, 2.05) is 0 Å². The molecule has 15 heavy (non-hydrogen) atoms. The molecular weight excluding hydrogens is 218 g/mol. The largest absolute Gasteiger partial charge is 0.467 e. The van der Waals surface area contributed by atoms with Crippen LogP contribution in [-0.4, -0.2) is 24.8 Å². The summed E-state index contributed by atoms with van der Waals surface area (Å²) in [7, 11) is 1.22. The molecule has 0 bridgehead atoms. The highest BCUT2D eigenvalue weighted by Crippen LogP contribution is 2.21. The summed E-state index contributed by atoms with van der Waals surface area (Å²) >= 11 is 5.70. The summed E-state index contributed by atoms with van der Waals surface area (Å²) in [6.45, 7) is -0.526. The number of hydrogen-bond acceptors (Lipinski definition) is 4. The van der Waals surface area contributed by atoms with Gasteiger partial charge in [0.1, 0.15) is 0 Å². The second-order valence-electron chi connectivity index (χ2n) is 3.13. The van der Waals surface area contributed by atoms with Crippen LogP contribution in [0.4, 0.5) is 0 Å². The van der Waals surface area contributed by atoms with Crippen LogP contribution < -0.4 is 5.73 Å². The monoisotopic (exact) mass is 229 g/mol. The number of aliphatic hydroxyl groups excluding tert-OH is 1. The number of rotatable bonds is 3. The molecule has 0 aliphatic rings. The van der Waals surface area contributed by atoms with Gasteiger partial charge < -0.3 is 15.6 Å². The van der Waals surface area contributed by atoms with Crippen LogP contribution in [0.25, 0.3) is 0 Å². The van der Waals surface area contributed by atoms with E-state index in [4.69, 9.17) is 22.4 Å². The zero-order chi connectivity index (χ0) is 11.5. The molecule has 1 atom stereocenters. The van der Waals surface area contributed by atoms with E-state index >= 15 is 0 Å². The zero-order valence-corrected chi connectivity index (χ0v) is 8.99. The van der Waals surface area contributed by atoms with E-state index in [0.717, 1.165) is 0 Å². The predicted molar refractivity (Wildman–Crippen MR) is 56.4 cm³/mol. The van der Waals surface area contributed by atoms with Gasteiger partial charge in [-0.15, -0.1) is 0 Å². The number of halogens is 1. The van der Waals surface area contributed by atoms with Gasteiger partial charge in [0.15, 0.2) is 5.54 Å². The third-order valence-corrected chi connectivity index (χ3v) is 2.41. The first-order chi connectivity index (χ1) is 7.04. The Hall–Kier alpha value is -1.10. The van der Waals surface area contributed by atoms with Gasteiger partial charge in [0.2, 0.25) is 0 Å². The van der Waals surface area contributed by atoms with Crippen LogP contribution in [-0.2, 0) is 15.1 Å². The lowest BCUT2D eigenvalue weighted by Crippen LogP contribution is -2.48. The Kier molecular flexibility index (Phi) is 3.68. The third kappa shape index (κ3) is 2.28. The van der Waals surface area contributed by atoms with E-state index in [9.17, 15) is 4.79 Å². The number of carbonyl (C=O) groups excluding carboxylic acids is 1. The second kappa shape index (κ2) is 4.61. The van der Waals surface area contributed by atoms with Gasteiger partial charge in [-0.3, -0.25) is 0 Å². The quantitative estimate of drug-likeness (QED) is 0.747. The Morgan fingerprint density at radius 1 is 1.53 bits per heavy atom. The van der Waals surface area contributed by atoms with Gasteiger partial charge in [-0.05, 0) is 17.7 Å². The first-order valence-electron chi connectivity index (χ1n) is 4.29. The van der Waals surface area contributed by atoms with E-state index in [1.165, 1.54) is 7.11 Å². The van der Waals surface area contributed by atoms with Gasteiger partial charge in [-0.2, -0.15) is 0 Å². The molecule has 0 aliphatic heterocycles. The van der Waals surface area contributed by atoms with Crippen molar-refractivity contribution in [1.82, 2.24) is 0 Å². The minimum Gasteiger partial charge on any atom is -0.467 e. The van der Waals surface area contributed by atoms with Gasteiger partial charge in [0.25, 0.3) is 0 Å². The maximum Gasteiger partial charge on any atom is 0.332 e. The summed E-state index contributed by atoms with van der Waals surface area (Å²) in [5.74, 6) is -0.688. The van der Waals surface area contributed by atoms with Crippen molar-refractivity contribution >= 4 is 17.6 Å². The van der Waals surface area contributed by atoms with E-state index in [-0.39, 0.29) is 0 Å². The Balaban J connectivity index is 3.11. The fourth-order valence-electron chi connectivity index (χ4n) is 1.20. The lowest BCUT2D eigenvalue weighted by molar-refractivity contribution is -0.149. The zero-order valence-electron chi connectivity index (χ0n) is 8.24. The van der Waals surface area contributed by atoms with Crippen LogP contribution in [0.2, 0.25) is 5.02 Å². The third-order valence-electron chi connectivity index (χ3n) is 2.16.